The monoisotopic (exact) mass is 313 g/mol. The number of amides is 1. The number of aliphatic hydroxyl groups is 1. The number of hydrogen-bond acceptors (Lipinski definition) is 3. The van der Waals surface area contributed by atoms with Gasteiger partial charge in [-0.1, -0.05) is 12.1 Å². The molecule has 2 aromatic rings. The van der Waals surface area contributed by atoms with Gasteiger partial charge in [-0.15, -0.1) is 6.58 Å². The zero-order valence-corrected chi connectivity index (χ0v) is 13.9. The Labute approximate surface area is 136 Å². The van der Waals surface area contributed by atoms with Crippen LogP contribution in [-0.4, -0.2) is 45.4 Å². The predicted octanol–water partition coefficient (Wildman–Crippen LogP) is 2.42. The molecule has 1 aromatic heterocycles. The van der Waals surface area contributed by atoms with Crippen LogP contribution in [-0.2, 0) is 0 Å². The Hall–Kier alpha value is -2.40. The molecule has 1 heterocycles. The van der Waals surface area contributed by atoms with Gasteiger partial charge < -0.3 is 10.0 Å². The summed E-state index contributed by atoms with van der Waals surface area (Å²) in [5, 5.41) is 13.6. The third-order valence-electron chi connectivity index (χ3n) is 3.56. The van der Waals surface area contributed by atoms with Crippen LogP contribution >= 0.6 is 0 Å². The number of rotatable bonds is 6. The largest absolute Gasteiger partial charge is 0.395 e. The molecule has 0 fully saturated rings. The fourth-order valence-electron chi connectivity index (χ4n) is 2.63. The van der Waals surface area contributed by atoms with Crippen LogP contribution in [0, 0.1) is 20.8 Å². The molecule has 1 amide bonds. The van der Waals surface area contributed by atoms with Gasteiger partial charge in [0.2, 0.25) is 0 Å². The molecule has 5 nitrogen and oxygen atoms in total. The minimum Gasteiger partial charge on any atom is -0.395 e. The van der Waals surface area contributed by atoms with Crippen molar-refractivity contribution in [2.45, 2.75) is 20.8 Å². The van der Waals surface area contributed by atoms with E-state index in [2.05, 4.69) is 17.7 Å². The number of hydrogen-bond donors (Lipinski definition) is 1. The number of aryl methyl sites for hydroxylation is 3. The highest BCUT2D eigenvalue weighted by Crippen LogP contribution is 2.17. The highest BCUT2D eigenvalue weighted by Gasteiger charge is 2.19. The standard InChI is InChI=1S/C18H23N3O2/c1-5-6-20(7-8-22)18(23)17-12-15(4)21(19-17)16-10-13(2)9-14(3)11-16/h5,9-12,22H,1,6-8H2,2-4H3. The van der Waals surface area contributed by atoms with Crippen molar-refractivity contribution in [3.05, 3.63) is 59.4 Å². The summed E-state index contributed by atoms with van der Waals surface area (Å²) in [6, 6.07) is 7.95. The summed E-state index contributed by atoms with van der Waals surface area (Å²) in [6.07, 6.45) is 1.64. The Morgan fingerprint density at radius 2 is 1.91 bits per heavy atom. The Balaban J connectivity index is 2.36. The molecule has 0 atom stereocenters. The van der Waals surface area contributed by atoms with Gasteiger partial charge in [-0.3, -0.25) is 4.79 Å². The van der Waals surface area contributed by atoms with Gasteiger partial charge in [-0.25, -0.2) is 4.68 Å². The van der Waals surface area contributed by atoms with E-state index in [-0.39, 0.29) is 19.1 Å². The third kappa shape index (κ3) is 3.87. The van der Waals surface area contributed by atoms with E-state index >= 15 is 0 Å². The summed E-state index contributed by atoms with van der Waals surface area (Å²) in [5.74, 6) is -0.204. The Morgan fingerprint density at radius 1 is 1.26 bits per heavy atom. The van der Waals surface area contributed by atoms with E-state index in [1.807, 2.05) is 32.9 Å². The van der Waals surface area contributed by atoms with E-state index in [0.717, 1.165) is 22.5 Å². The maximum atomic E-state index is 12.5. The molecule has 0 aliphatic heterocycles. The molecule has 0 aliphatic rings. The quantitative estimate of drug-likeness (QED) is 0.833. The first kappa shape index (κ1) is 17.0. The lowest BCUT2D eigenvalue weighted by molar-refractivity contribution is 0.0736. The summed E-state index contributed by atoms with van der Waals surface area (Å²) >= 11 is 0. The number of carbonyl (C=O) groups excluding carboxylic acids is 1. The van der Waals surface area contributed by atoms with Crippen LogP contribution in [0.25, 0.3) is 5.69 Å². The summed E-state index contributed by atoms with van der Waals surface area (Å²) < 4.78 is 1.78. The van der Waals surface area contributed by atoms with E-state index in [9.17, 15) is 4.79 Å². The average Bonchev–Trinajstić information content (AvgIpc) is 2.87. The molecule has 0 saturated heterocycles. The van der Waals surface area contributed by atoms with E-state index in [1.165, 1.54) is 4.90 Å². The fourth-order valence-corrected chi connectivity index (χ4v) is 2.63. The van der Waals surface area contributed by atoms with Crippen molar-refractivity contribution < 1.29 is 9.90 Å². The van der Waals surface area contributed by atoms with Crippen LogP contribution in [0.4, 0.5) is 0 Å². The van der Waals surface area contributed by atoms with E-state index in [0.29, 0.717) is 12.2 Å². The molecule has 1 aromatic carbocycles. The van der Waals surface area contributed by atoms with E-state index < -0.39 is 0 Å². The molecule has 23 heavy (non-hydrogen) atoms. The summed E-state index contributed by atoms with van der Waals surface area (Å²) in [7, 11) is 0. The topological polar surface area (TPSA) is 58.4 Å². The van der Waals surface area contributed by atoms with Crippen LogP contribution < -0.4 is 0 Å². The lowest BCUT2D eigenvalue weighted by Gasteiger charge is -2.18. The number of benzene rings is 1. The molecule has 122 valence electrons. The summed E-state index contributed by atoms with van der Waals surface area (Å²) in [6.45, 7) is 10.2. The first-order chi connectivity index (χ1) is 11.0. The lowest BCUT2D eigenvalue weighted by Crippen LogP contribution is -2.34. The maximum absolute atomic E-state index is 12.5. The van der Waals surface area contributed by atoms with Crippen molar-refractivity contribution in [2.75, 3.05) is 19.7 Å². The average molecular weight is 313 g/mol. The van der Waals surface area contributed by atoms with E-state index in [1.54, 1.807) is 16.8 Å². The number of aromatic nitrogens is 2. The molecule has 5 heteroatoms. The molecule has 2 rings (SSSR count). The molecule has 0 bridgehead atoms. The molecule has 0 radical (unpaired) electrons. The molecule has 0 saturated carbocycles. The van der Waals surface area contributed by atoms with Gasteiger partial charge in [0, 0.05) is 18.8 Å². The van der Waals surface area contributed by atoms with Gasteiger partial charge in [0.1, 0.15) is 0 Å². The molecule has 1 N–H and O–H groups in total. The minimum absolute atomic E-state index is 0.0870. The van der Waals surface area contributed by atoms with Crippen molar-refractivity contribution in [2.24, 2.45) is 0 Å². The second-order valence-electron chi connectivity index (χ2n) is 5.69. The number of carbonyl (C=O) groups is 1. The van der Waals surface area contributed by atoms with Crippen molar-refractivity contribution in [1.29, 1.82) is 0 Å². The van der Waals surface area contributed by atoms with Crippen LogP contribution in [0.3, 0.4) is 0 Å². The molecule has 0 spiro atoms. The zero-order valence-electron chi connectivity index (χ0n) is 13.9. The Bertz CT molecular complexity index is 699. The first-order valence-electron chi connectivity index (χ1n) is 7.62. The zero-order chi connectivity index (χ0) is 17.0. The Kier molecular flexibility index (Phi) is 5.34. The van der Waals surface area contributed by atoms with Gasteiger partial charge in [-0.2, -0.15) is 5.10 Å². The summed E-state index contributed by atoms with van der Waals surface area (Å²) in [4.78, 5) is 14.1. The smallest absolute Gasteiger partial charge is 0.274 e. The number of nitrogens with zero attached hydrogens (tertiary/aromatic N) is 3. The predicted molar refractivity (Wildman–Crippen MR) is 91.0 cm³/mol. The highest BCUT2D eigenvalue weighted by molar-refractivity contribution is 5.92. The molecule has 0 aliphatic carbocycles. The second-order valence-corrected chi connectivity index (χ2v) is 5.69. The van der Waals surface area contributed by atoms with Crippen LogP contribution in [0.15, 0.2) is 36.9 Å². The van der Waals surface area contributed by atoms with Crippen molar-refractivity contribution >= 4 is 5.91 Å². The second kappa shape index (κ2) is 7.24. The Morgan fingerprint density at radius 3 is 2.48 bits per heavy atom. The minimum atomic E-state index is -0.204. The maximum Gasteiger partial charge on any atom is 0.274 e. The SMILES string of the molecule is C=CCN(CCO)C(=O)c1cc(C)n(-c2cc(C)cc(C)c2)n1. The fraction of sp³-hybridized carbons (Fsp3) is 0.333. The lowest BCUT2D eigenvalue weighted by atomic mass is 10.1. The summed E-state index contributed by atoms with van der Waals surface area (Å²) in [5.41, 5.74) is 4.50. The van der Waals surface area contributed by atoms with Crippen molar-refractivity contribution in [3.63, 3.8) is 0 Å². The van der Waals surface area contributed by atoms with Gasteiger partial charge in [-0.05, 0) is 50.1 Å². The van der Waals surface area contributed by atoms with Gasteiger partial charge in [0.15, 0.2) is 5.69 Å². The first-order valence-corrected chi connectivity index (χ1v) is 7.62. The molecular weight excluding hydrogens is 290 g/mol. The van der Waals surface area contributed by atoms with Gasteiger partial charge >= 0.3 is 0 Å². The van der Waals surface area contributed by atoms with Crippen LogP contribution in [0.2, 0.25) is 0 Å². The van der Waals surface area contributed by atoms with Crippen LogP contribution in [0.1, 0.15) is 27.3 Å². The van der Waals surface area contributed by atoms with E-state index in [4.69, 9.17) is 5.11 Å². The third-order valence-corrected chi connectivity index (χ3v) is 3.56. The highest BCUT2D eigenvalue weighted by atomic mass is 16.3. The molecule has 0 unspecified atom stereocenters. The van der Waals surface area contributed by atoms with Crippen molar-refractivity contribution in [1.82, 2.24) is 14.7 Å². The normalized spacial score (nSPS) is 10.6. The molecular formula is C18H23N3O2. The van der Waals surface area contributed by atoms with Crippen LogP contribution in [0.5, 0.6) is 0 Å². The number of aliphatic hydroxyl groups excluding tert-OH is 1. The van der Waals surface area contributed by atoms with Gasteiger partial charge in [0.25, 0.3) is 5.91 Å². The van der Waals surface area contributed by atoms with Gasteiger partial charge in [0.05, 0.1) is 12.3 Å². The van der Waals surface area contributed by atoms with Crippen molar-refractivity contribution in [3.8, 4) is 5.69 Å².